The Labute approximate surface area is 131 Å². The fourth-order valence-corrected chi connectivity index (χ4v) is 2.72. The number of rotatable bonds is 7. The molecule has 1 rings (SSSR count). The van der Waals surface area contributed by atoms with Crippen molar-refractivity contribution in [1.82, 2.24) is 4.90 Å². The lowest BCUT2D eigenvalue weighted by Gasteiger charge is -2.34. The molecule has 124 valence electrons. The molecular weight excluding hydrogens is 286 g/mol. The predicted octanol–water partition coefficient (Wildman–Crippen LogP) is 1.21. The summed E-state index contributed by atoms with van der Waals surface area (Å²) in [5, 5.41) is 9.80. The van der Waals surface area contributed by atoms with E-state index in [0.29, 0.717) is 6.42 Å². The summed E-state index contributed by atoms with van der Waals surface area (Å²) in [5.41, 5.74) is -2.08. The molecule has 1 N–H and O–H groups in total. The van der Waals surface area contributed by atoms with E-state index in [9.17, 15) is 19.5 Å². The minimum Gasteiger partial charge on any atom is -0.390 e. The van der Waals surface area contributed by atoms with E-state index in [4.69, 9.17) is 4.74 Å². The summed E-state index contributed by atoms with van der Waals surface area (Å²) in [4.78, 5) is 36.8. The summed E-state index contributed by atoms with van der Waals surface area (Å²) in [7, 11) is 0. The van der Waals surface area contributed by atoms with Crippen molar-refractivity contribution in [3.05, 3.63) is 12.2 Å². The van der Waals surface area contributed by atoms with E-state index < -0.39 is 29.1 Å². The molecule has 2 atom stereocenters. The number of nitrogens with zero attached hydrogens (tertiary/aromatic N) is 1. The van der Waals surface area contributed by atoms with Crippen LogP contribution >= 0.6 is 0 Å². The molecule has 1 aliphatic rings. The fraction of sp³-hybridized carbons (Fsp3) is 0.688. The number of imide groups is 1. The molecule has 0 saturated heterocycles. The van der Waals surface area contributed by atoms with Crippen molar-refractivity contribution >= 4 is 17.6 Å². The highest BCUT2D eigenvalue weighted by molar-refractivity contribution is 6.15. The average Bonchev–Trinajstić information content (AvgIpc) is 2.64. The number of Topliss-reactive ketones (excluding diaryl/α,β-unsaturated/α-hetero) is 1. The van der Waals surface area contributed by atoms with E-state index in [2.05, 4.69) is 0 Å². The smallest absolute Gasteiger partial charge is 0.254 e. The Hall–Kier alpha value is -1.53. The molecule has 1 aliphatic heterocycles. The van der Waals surface area contributed by atoms with Gasteiger partial charge >= 0.3 is 0 Å². The highest BCUT2D eigenvalue weighted by Gasteiger charge is 2.41. The molecule has 0 aromatic carbocycles. The van der Waals surface area contributed by atoms with E-state index in [0.717, 1.165) is 17.1 Å². The molecule has 0 saturated carbocycles. The number of ether oxygens (including phenoxy) is 1. The Balaban J connectivity index is 2.77. The van der Waals surface area contributed by atoms with Crippen molar-refractivity contribution in [1.29, 1.82) is 0 Å². The van der Waals surface area contributed by atoms with Crippen LogP contribution in [0.4, 0.5) is 0 Å². The normalized spacial score (nSPS) is 18.8. The number of carbonyl (C=O) groups excluding carboxylic acids is 3. The summed E-state index contributed by atoms with van der Waals surface area (Å²) in [6.07, 6.45) is 2.31. The van der Waals surface area contributed by atoms with Crippen LogP contribution < -0.4 is 0 Å². The number of aliphatic hydroxyl groups is 1. The molecule has 2 amide bonds. The van der Waals surface area contributed by atoms with Gasteiger partial charge < -0.3 is 9.84 Å². The van der Waals surface area contributed by atoms with Crippen LogP contribution in [0.5, 0.6) is 0 Å². The Kier molecular flexibility index (Phi) is 5.30. The molecule has 0 aromatic rings. The number of amides is 2. The van der Waals surface area contributed by atoms with Crippen LogP contribution in [0.1, 0.15) is 48.0 Å². The Morgan fingerprint density at radius 2 is 1.64 bits per heavy atom. The first-order chi connectivity index (χ1) is 9.85. The van der Waals surface area contributed by atoms with Crippen molar-refractivity contribution in [2.24, 2.45) is 0 Å². The number of carbonyl (C=O) groups is 3. The van der Waals surface area contributed by atoms with Gasteiger partial charge in [-0.05, 0) is 41.5 Å². The zero-order valence-electron chi connectivity index (χ0n) is 14.0. The van der Waals surface area contributed by atoms with Gasteiger partial charge in [0.25, 0.3) is 11.8 Å². The molecule has 0 aliphatic carbocycles. The van der Waals surface area contributed by atoms with E-state index in [-0.39, 0.29) is 11.9 Å². The topological polar surface area (TPSA) is 83.9 Å². The van der Waals surface area contributed by atoms with Crippen LogP contribution in [-0.4, -0.2) is 51.0 Å². The maximum atomic E-state index is 12.6. The average molecular weight is 311 g/mol. The maximum Gasteiger partial charge on any atom is 0.254 e. The van der Waals surface area contributed by atoms with E-state index in [1.807, 2.05) is 0 Å². The predicted molar refractivity (Wildman–Crippen MR) is 81.0 cm³/mol. The molecule has 6 heteroatoms. The van der Waals surface area contributed by atoms with Gasteiger partial charge in [-0.2, -0.15) is 0 Å². The van der Waals surface area contributed by atoms with Crippen LogP contribution in [0.2, 0.25) is 0 Å². The Morgan fingerprint density at radius 3 is 2.05 bits per heavy atom. The van der Waals surface area contributed by atoms with Gasteiger partial charge in [0.15, 0.2) is 5.78 Å². The number of hydrogen-bond donors (Lipinski definition) is 1. The van der Waals surface area contributed by atoms with Crippen molar-refractivity contribution in [2.45, 2.75) is 71.3 Å². The first-order valence-electron chi connectivity index (χ1n) is 7.35. The molecule has 0 fully saturated rings. The van der Waals surface area contributed by atoms with Gasteiger partial charge in [-0.15, -0.1) is 0 Å². The standard InChI is InChI=1S/C16H25NO5/c1-10(9-15(3,4)21)22-16(5,6)14(20)11(2)17-12(18)7-8-13(17)19/h7-8,10-11,21H,9H2,1-6H3. The molecule has 6 nitrogen and oxygen atoms in total. The molecule has 0 bridgehead atoms. The number of ketones is 1. The summed E-state index contributed by atoms with van der Waals surface area (Å²) < 4.78 is 5.75. The second-order valence-corrected chi connectivity index (χ2v) is 6.88. The zero-order valence-corrected chi connectivity index (χ0v) is 14.0. The molecular formula is C16H25NO5. The van der Waals surface area contributed by atoms with Crippen LogP contribution in [-0.2, 0) is 19.1 Å². The lowest BCUT2D eigenvalue weighted by molar-refractivity contribution is -0.159. The minimum absolute atomic E-state index is 0.353. The van der Waals surface area contributed by atoms with Crippen molar-refractivity contribution in [3.8, 4) is 0 Å². The van der Waals surface area contributed by atoms with Crippen LogP contribution in [0.25, 0.3) is 0 Å². The maximum absolute atomic E-state index is 12.6. The third-order valence-corrected chi connectivity index (χ3v) is 3.49. The summed E-state index contributed by atoms with van der Waals surface area (Å²) in [5.74, 6) is -1.35. The van der Waals surface area contributed by atoms with Gasteiger partial charge in [0.2, 0.25) is 0 Å². The fourth-order valence-electron chi connectivity index (χ4n) is 2.72. The van der Waals surface area contributed by atoms with Gasteiger partial charge in [0, 0.05) is 18.6 Å². The molecule has 1 heterocycles. The van der Waals surface area contributed by atoms with Gasteiger partial charge in [-0.3, -0.25) is 19.3 Å². The van der Waals surface area contributed by atoms with Crippen LogP contribution in [0.3, 0.4) is 0 Å². The van der Waals surface area contributed by atoms with Crippen LogP contribution in [0, 0.1) is 0 Å². The van der Waals surface area contributed by atoms with E-state index >= 15 is 0 Å². The SMILES string of the molecule is CC(CC(C)(C)O)OC(C)(C)C(=O)C(C)N1C(=O)C=CC1=O. The highest BCUT2D eigenvalue weighted by Crippen LogP contribution is 2.23. The quantitative estimate of drug-likeness (QED) is 0.715. The summed E-state index contributed by atoms with van der Waals surface area (Å²) >= 11 is 0. The van der Waals surface area contributed by atoms with E-state index in [1.54, 1.807) is 34.6 Å². The van der Waals surface area contributed by atoms with Gasteiger partial charge in [0.05, 0.1) is 17.7 Å². The third kappa shape index (κ3) is 4.48. The summed E-state index contributed by atoms with van der Waals surface area (Å²) in [6.45, 7) is 9.81. The monoisotopic (exact) mass is 311 g/mol. The van der Waals surface area contributed by atoms with Crippen molar-refractivity contribution in [2.75, 3.05) is 0 Å². The minimum atomic E-state index is -1.17. The number of hydrogen-bond acceptors (Lipinski definition) is 5. The highest BCUT2D eigenvalue weighted by atomic mass is 16.5. The van der Waals surface area contributed by atoms with E-state index in [1.165, 1.54) is 6.92 Å². The van der Waals surface area contributed by atoms with Gasteiger partial charge in [-0.1, -0.05) is 0 Å². The Bertz CT molecular complexity index is 483. The largest absolute Gasteiger partial charge is 0.390 e. The van der Waals surface area contributed by atoms with Gasteiger partial charge in [0.1, 0.15) is 5.60 Å². The van der Waals surface area contributed by atoms with Crippen molar-refractivity contribution in [3.63, 3.8) is 0 Å². The van der Waals surface area contributed by atoms with Crippen molar-refractivity contribution < 1.29 is 24.2 Å². The molecule has 0 aromatic heterocycles. The zero-order chi connectivity index (χ0) is 17.3. The second kappa shape index (κ2) is 6.30. The first kappa shape index (κ1) is 18.5. The molecule has 0 spiro atoms. The van der Waals surface area contributed by atoms with Crippen LogP contribution in [0.15, 0.2) is 12.2 Å². The molecule has 22 heavy (non-hydrogen) atoms. The first-order valence-corrected chi connectivity index (χ1v) is 7.35. The lowest BCUT2D eigenvalue weighted by atomic mass is 9.95. The molecule has 2 unspecified atom stereocenters. The van der Waals surface area contributed by atoms with Gasteiger partial charge in [-0.25, -0.2) is 0 Å². The second-order valence-electron chi connectivity index (χ2n) is 6.88. The lowest BCUT2D eigenvalue weighted by Crippen LogP contribution is -2.52. The third-order valence-electron chi connectivity index (χ3n) is 3.49. The Morgan fingerprint density at radius 1 is 1.18 bits per heavy atom. The summed E-state index contributed by atoms with van der Waals surface area (Å²) in [6, 6.07) is -0.903. The molecule has 0 radical (unpaired) electrons.